The minimum atomic E-state index is -3.80. The first-order valence-electron chi connectivity index (χ1n) is 6.84. The van der Waals surface area contributed by atoms with Crippen molar-refractivity contribution in [2.24, 2.45) is 4.40 Å². The van der Waals surface area contributed by atoms with Gasteiger partial charge in [0, 0.05) is 20.3 Å². The fourth-order valence-electron chi connectivity index (χ4n) is 2.14. The summed E-state index contributed by atoms with van der Waals surface area (Å²) >= 11 is 0. The van der Waals surface area contributed by atoms with Gasteiger partial charge in [0.15, 0.2) is 5.76 Å². The van der Waals surface area contributed by atoms with Crippen LogP contribution in [0.3, 0.4) is 0 Å². The van der Waals surface area contributed by atoms with Gasteiger partial charge in [-0.2, -0.15) is 12.8 Å². The predicted molar refractivity (Wildman–Crippen MR) is 86.8 cm³/mol. The third kappa shape index (κ3) is 3.52. The molecule has 1 aliphatic carbocycles. The van der Waals surface area contributed by atoms with Crippen molar-refractivity contribution in [3.63, 3.8) is 0 Å². The fraction of sp³-hybridized carbons (Fsp3) is 0.312. The molecule has 0 N–H and O–H groups in total. The van der Waals surface area contributed by atoms with Gasteiger partial charge in [-0.3, -0.25) is 0 Å². The highest BCUT2D eigenvalue weighted by molar-refractivity contribution is 7.90. The lowest BCUT2D eigenvalue weighted by atomic mass is 10.1. The van der Waals surface area contributed by atoms with E-state index < -0.39 is 15.8 Å². The molecule has 1 aromatic rings. The lowest BCUT2D eigenvalue weighted by Crippen LogP contribution is -2.37. The van der Waals surface area contributed by atoms with Crippen molar-refractivity contribution in [1.29, 1.82) is 0 Å². The first kappa shape index (κ1) is 17.4. The summed E-state index contributed by atoms with van der Waals surface area (Å²) in [6.45, 7) is 1.88. The Morgan fingerprint density at radius 3 is 2.17 bits per heavy atom. The molecular weight excluding hydrogens is 318 g/mol. The molecule has 0 bridgehead atoms. The Balaban J connectivity index is 2.41. The van der Waals surface area contributed by atoms with Crippen molar-refractivity contribution in [2.75, 3.05) is 21.3 Å². The fourth-order valence-corrected chi connectivity index (χ4v) is 3.12. The van der Waals surface area contributed by atoms with E-state index in [2.05, 4.69) is 4.40 Å². The first-order valence-corrected chi connectivity index (χ1v) is 8.28. The van der Waals surface area contributed by atoms with Crippen LogP contribution in [0, 0.1) is 6.92 Å². The molecule has 124 valence electrons. The number of ether oxygens (including phenoxy) is 3. The minimum absolute atomic E-state index is 0.131. The van der Waals surface area contributed by atoms with E-state index in [4.69, 9.17) is 14.2 Å². The van der Waals surface area contributed by atoms with Crippen LogP contribution < -0.4 is 0 Å². The highest BCUT2D eigenvalue weighted by atomic mass is 32.2. The van der Waals surface area contributed by atoms with E-state index in [1.165, 1.54) is 45.6 Å². The van der Waals surface area contributed by atoms with Gasteiger partial charge in [-0.1, -0.05) is 17.7 Å². The highest BCUT2D eigenvalue weighted by Crippen LogP contribution is 2.28. The number of benzene rings is 1. The van der Waals surface area contributed by atoms with Crippen LogP contribution >= 0.6 is 0 Å². The zero-order valence-corrected chi connectivity index (χ0v) is 14.3. The number of hydrogen-bond acceptors (Lipinski definition) is 5. The molecule has 0 heterocycles. The summed E-state index contributed by atoms with van der Waals surface area (Å²) in [4.78, 5) is 0.131. The Morgan fingerprint density at radius 2 is 1.65 bits per heavy atom. The van der Waals surface area contributed by atoms with Gasteiger partial charge in [-0.15, -0.1) is 0 Å². The number of methoxy groups -OCH3 is 3. The Labute approximate surface area is 136 Å². The Morgan fingerprint density at radius 1 is 1.04 bits per heavy atom. The van der Waals surface area contributed by atoms with Crippen LogP contribution in [0.15, 0.2) is 57.5 Å². The summed E-state index contributed by atoms with van der Waals surface area (Å²) in [7, 11) is 0.573. The lowest BCUT2D eigenvalue weighted by molar-refractivity contribution is -0.165. The molecule has 0 radical (unpaired) electrons. The smallest absolute Gasteiger partial charge is 0.282 e. The van der Waals surface area contributed by atoms with Gasteiger partial charge in [-0.25, -0.2) is 0 Å². The Bertz CT molecular complexity index is 756. The van der Waals surface area contributed by atoms with Crippen LogP contribution in [0.1, 0.15) is 5.56 Å². The molecule has 0 amide bonds. The number of aryl methyl sites for hydroxylation is 1. The molecule has 2 rings (SSSR count). The second-order valence-corrected chi connectivity index (χ2v) is 6.53. The summed E-state index contributed by atoms with van der Waals surface area (Å²) in [5, 5.41) is 0. The molecule has 6 nitrogen and oxygen atoms in total. The molecule has 0 aromatic heterocycles. The van der Waals surface area contributed by atoms with Crippen molar-refractivity contribution in [2.45, 2.75) is 17.6 Å². The van der Waals surface area contributed by atoms with Gasteiger partial charge in [-0.05, 0) is 31.2 Å². The predicted octanol–water partition coefficient (Wildman–Crippen LogP) is 2.21. The number of hydrogen-bond donors (Lipinski definition) is 0. The molecule has 0 fully saturated rings. The quantitative estimate of drug-likeness (QED) is 0.770. The number of rotatable bonds is 5. The maximum Gasteiger partial charge on any atom is 0.282 e. The molecule has 1 aliphatic rings. The number of nitrogens with zero attached hydrogens (tertiary/aromatic N) is 1. The van der Waals surface area contributed by atoms with Crippen molar-refractivity contribution >= 4 is 15.7 Å². The third-order valence-electron chi connectivity index (χ3n) is 3.47. The van der Waals surface area contributed by atoms with E-state index in [9.17, 15) is 8.42 Å². The van der Waals surface area contributed by atoms with Gasteiger partial charge in [0.25, 0.3) is 10.0 Å². The number of allylic oxidation sites excluding steroid dienone is 2. The van der Waals surface area contributed by atoms with Crippen LogP contribution in [-0.4, -0.2) is 41.2 Å². The van der Waals surface area contributed by atoms with E-state index in [1.54, 1.807) is 18.2 Å². The van der Waals surface area contributed by atoms with Gasteiger partial charge < -0.3 is 14.2 Å². The van der Waals surface area contributed by atoms with Crippen molar-refractivity contribution in [3.05, 3.63) is 53.8 Å². The van der Waals surface area contributed by atoms with Crippen LogP contribution in [-0.2, 0) is 24.2 Å². The van der Waals surface area contributed by atoms with Crippen LogP contribution in [0.5, 0.6) is 0 Å². The maximum absolute atomic E-state index is 12.4. The van der Waals surface area contributed by atoms with E-state index in [0.717, 1.165) is 5.56 Å². The first-order chi connectivity index (χ1) is 10.9. The van der Waals surface area contributed by atoms with Crippen LogP contribution in [0.2, 0.25) is 0 Å². The van der Waals surface area contributed by atoms with Crippen molar-refractivity contribution in [1.82, 2.24) is 0 Å². The molecule has 0 spiro atoms. The van der Waals surface area contributed by atoms with E-state index >= 15 is 0 Å². The Kier molecular flexibility index (Phi) is 5.03. The minimum Gasteiger partial charge on any atom is -0.495 e. The second-order valence-electron chi connectivity index (χ2n) is 4.93. The summed E-state index contributed by atoms with van der Waals surface area (Å²) in [6, 6.07) is 6.50. The highest BCUT2D eigenvalue weighted by Gasteiger charge is 2.36. The summed E-state index contributed by atoms with van der Waals surface area (Å²) < 4.78 is 44.4. The molecule has 0 aliphatic heterocycles. The molecule has 0 saturated heterocycles. The molecule has 23 heavy (non-hydrogen) atoms. The molecule has 0 unspecified atom stereocenters. The largest absolute Gasteiger partial charge is 0.495 e. The zero-order chi connectivity index (χ0) is 17.1. The third-order valence-corrected chi connectivity index (χ3v) is 4.79. The van der Waals surface area contributed by atoms with Gasteiger partial charge in [0.05, 0.1) is 17.7 Å². The molecule has 1 aromatic carbocycles. The van der Waals surface area contributed by atoms with Gasteiger partial charge in [0.2, 0.25) is 5.79 Å². The van der Waals surface area contributed by atoms with Crippen LogP contribution in [0.25, 0.3) is 0 Å². The van der Waals surface area contributed by atoms with E-state index in [0.29, 0.717) is 5.76 Å². The molecule has 7 heteroatoms. The number of sulfonamides is 1. The summed E-state index contributed by atoms with van der Waals surface area (Å²) in [5.74, 6) is -0.871. The Hall–Kier alpha value is -1.96. The van der Waals surface area contributed by atoms with Gasteiger partial charge >= 0.3 is 0 Å². The lowest BCUT2D eigenvalue weighted by Gasteiger charge is -2.30. The topological polar surface area (TPSA) is 74.2 Å². The zero-order valence-electron chi connectivity index (χ0n) is 13.4. The second kappa shape index (κ2) is 6.66. The summed E-state index contributed by atoms with van der Waals surface area (Å²) in [6.07, 6.45) is 4.54. The van der Waals surface area contributed by atoms with Crippen LogP contribution in [0.4, 0.5) is 0 Å². The van der Waals surface area contributed by atoms with E-state index in [-0.39, 0.29) is 10.6 Å². The maximum atomic E-state index is 12.4. The SMILES string of the molecule is COC1=C/C(=N\S(=O)(=O)c2ccc(C)cc2)C=CC1(OC)OC. The molecule has 0 saturated carbocycles. The molecular formula is C16H19NO5S. The van der Waals surface area contributed by atoms with Crippen molar-refractivity contribution in [3.8, 4) is 0 Å². The summed E-state index contributed by atoms with van der Waals surface area (Å²) in [5.41, 5.74) is 1.20. The van der Waals surface area contributed by atoms with Crippen molar-refractivity contribution < 1.29 is 22.6 Å². The average molecular weight is 337 g/mol. The average Bonchev–Trinajstić information content (AvgIpc) is 2.55. The molecule has 0 atom stereocenters. The monoisotopic (exact) mass is 337 g/mol. The standard InChI is InChI=1S/C16H19NO5S/c1-12-5-7-14(8-6-12)23(18,19)17-13-9-10-16(21-3,22-4)15(11-13)20-2/h5-11H,1-4H3/b17-13-. The van der Waals surface area contributed by atoms with Gasteiger partial charge in [0.1, 0.15) is 0 Å². The van der Waals surface area contributed by atoms with E-state index in [1.807, 2.05) is 6.92 Å². The normalized spacial score (nSPS) is 18.8.